The molecule has 0 saturated carbocycles. The second-order valence-electron chi connectivity index (χ2n) is 19.1. The summed E-state index contributed by atoms with van der Waals surface area (Å²) in [7, 11) is 0. The zero-order valence-electron chi connectivity index (χ0n) is 37.0. The summed E-state index contributed by atoms with van der Waals surface area (Å²) in [6.07, 6.45) is 0. The van der Waals surface area contributed by atoms with E-state index in [2.05, 4.69) is 225 Å². The highest BCUT2D eigenvalue weighted by Gasteiger charge is 2.51. The number of hydrogen-bond donors (Lipinski definition) is 0. The fraction of sp³-hybridized carbons (Fsp3) is 0.0625. The van der Waals surface area contributed by atoms with Gasteiger partial charge in [-0.25, -0.2) is 0 Å². The van der Waals surface area contributed by atoms with Gasteiger partial charge in [0.25, 0.3) is 0 Å². The van der Waals surface area contributed by atoms with Crippen LogP contribution in [0, 0.1) is 0 Å². The van der Waals surface area contributed by atoms with Gasteiger partial charge in [-0.05, 0) is 127 Å². The van der Waals surface area contributed by atoms with Crippen LogP contribution in [0.1, 0.15) is 47.2 Å². The average molecular weight is 856 g/mol. The SMILES string of the molecule is CC1(C)c2ccccc2-c2ccc(N(c3ccc4c(c3)C3(c5ccccc5-c5ccccc5-4)c4ccccc4-c4c3ccc3c4oc4ccccc43)c3ccc4oc5ccccc5c4c3)cc21. The van der Waals surface area contributed by atoms with Crippen LogP contribution in [-0.4, -0.2) is 0 Å². The van der Waals surface area contributed by atoms with E-state index in [0.29, 0.717) is 0 Å². The van der Waals surface area contributed by atoms with Crippen molar-refractivity contribution in [2.24, 2.45) is 0 Å². The van der Waals surface area contributed by atoms with E-state index in [0.717, 1.165) is 66.5 Å². The molecule has 10 aromatic carbocycles. The Morgan fingerprint density at radius 1 is 0.313 bits per heavy atom. The van der Waals surface area contributed by atoms with Crippen LogP contribution in [0.5, 0.6) is 0 Å². The predicted molar refractivity (Wildman–Crippen MR) is 275 cm³/mol. The van der Waals surface area contributed by atoms with Gasteiger partial charge < -0.3 is 13.7 Å². The standard InChI is InChI=1S/C64H41NO2/c1-63(2)52-22-10-5-18-44(52)46-31-28-39(36-56(46)63)65(38-29-34-60-51(35-38)48-20-9-13-25-58(48)66-60)40-27-30-45-42-16-4-3-15-41(42)43-17-6-11-23-53(43)64(57(45)37-40)54-24-12-7-21-50(54)61-55(64)33-32-49-47-19-8-14-26-59(47)67-62(49)61/h3-37H,1-2H3. The van der Waals surface area contributed by atoms with E-state index in [1.54, 1.807) is 0 Å². The maximum atomic E-state index is 6.95. The summed E-state index contributed by atoms with van der Waals surface area (Å²) in [5, 5.41) is 4.47. The smallest absolute Gasteiger partial charge is 0.143 e. The lowest BCUT2D eigenvalue weighted by Crippen LogP contribution is -2.29. The average Bonchev–Trinajstić information content (AvgIpc) is 4.08. The maximum absolute atomic E-state index is 6.95. The van der Waals surface area contributed by atoms with Gasteiger partial charge in [-0.15, -0.1) is 0 Å². The summed E-state index contributed by atoms with van der Waals surface area (Å²) < 4.78 is 13.4. The van der Waals surface area contributed by atoms with E-state index in [4.69, 9.17) is 8.83 Å². The number of nitrogens with zero attached hydrogens (tertiary/aromatic N) is 1. The molecule has 3 nitrogen and oxygen atoms in total. The molecule has 3 aliphatic carbocycles. The molecule has 0 amide bonds. The van der Waals surface area contributed by atoms with E-state index in [-0.39, 0.29) is 5.41 Å². The Balaban J connectivity index is 1.06. The van der Waals surface area contributed by atoms with Gasteiger partial charge in [-0.1, -0.05) is 172 Å². The highest BCUT2D eigenvalue weighted by Crippen LogP contribution is 2.63. The first-order chi connectivity index (χ1) is 33.0. The highest BCUT2D eigenvalue weighted by molar-refractivity contribution is 6.13. The summed E-state index contributed by atoms with van der Waals surface area (Å²) in [4.78, 5) is 2.47. The van der Waals surface area contributed by atoms with Crippen LogP contribution in [0.25, 0.3) is 88.4 Å². The molecule has 0 fully saturated rings. The molecule has 1 atom stereocenters. The molecule has 2 aromatic heterocycles. The Morgan fingerprint density at radius 2 is 0.791 bits per heavy atom. The molecule has 314 valence electrons. The van der Waals surface area contributed by atoms with Crippen LogP contribution in [0.3, 0.4) is 0 Å². The molecular formula is C64H41NO2. The number of benzene rings is 10. The van der Waals surface area contributed by atoms with Crippen molar-refractivity contribution in [2.75, 3.05) is 4.90 Å². The molecule has 3 aliphatic rings. The molecule has 2 heterocycles. The summed E-state index contributed by atoms with van der Waals surface area (Å²) in [6, 6.07) is 78.6. The zero-order valence-corrected chi connectivity index (χ0v) is 37.0. The van der Waals surface area contributed by atoms with E-state index in [1.807, 2.05) is 6.07 Å². The lowest BCUT2D eigenvalue weighted by molar-refractivity contribution is 0.660. The van der Waals surface area contributed by atoms with Crippen molar-refractivity contribution < 1.29 is 8.83 Å². The molecule has 0 radical (unpaired) electrons. The minimum absolute atomic E-state index is 0.178. The lowest BCUT2D eigenvalue weighted by Gasteiger charge is -2.36. The van der Waals surface area contributed by atoms with Gasteiger partial charge in [0.1, 0.15) is 22.3 Å². The van der Waals surface area contributed by atoms with E-state index >= 15 is 0 Å². The molecule has 0 bridgehead atoms. The molecule has 1 spiro atoms. The molecule has 0 aliphatic heterocycles. The van der Waals surface area contributed by atoms with Gasteiger partial charge in [-0.3, -0.25) is 0 Å². The molecule has 0 N–H and O–H groups in total. The molecule has 15 rings (SSSR count). The van der Waals surface area contributed by atoms with Crippen LogP contribution < -0.4 is 4.90 Å². The fourth-order valence-corrected chi connectivity index (χ4v) is 12.6. The van der Waals surface area contributed by atoms with Crippen molar-refractivity contribution in [3.05, 3.63) is 246 Å². The van der Waals surface area contributed by atoms with Crippen molar-refractivity contribution in [3.8, 4) is 44.5 Å². The molecule has 67 heavy (non-hydrogen) atoms. The van der Waals surface area contributed by atoms with Gasteiger partial charge >= 0.3 is 0 Å². The number of fused-ring (bicyclic) bond motifs is 22. The minimum atomic E-state index is -0.710. The van der Waals surface area contributed by atoms with Crippen LogP contribution in [0.2, 0.25) is 0 Å². The highest BCUT2D eigenvalue weighted by atomic mass is 16.3. The number of hydrogen-bond acceptors (Lipinski definition) is 3. The number of anilines is 3. The third-order valence-corrected chi connectivity index (χ3v) is 15.5. The van der Waals surface area contributed by atoms with Crippen molar-refractivity contribution >= 4 is 60.9 Å². The van der Waals surface area contributed by atoms with Gasteiger partial charge in [0, 0.05) is 49.6 Å². The Hall–Kier alpha value is -8.40. The van der Waals surface area contributed by atoms with Crippen LogP contribution in [0.4, 0.5) is 17.1 Å². The van der Waals surface area contributed by atoms with Crippen molar-refractivity contribution in [1.29, 1.82) is 0 Å². The fourth-order valence-electron chi connectivity index (χ4n) is 12.6. The molecular weight excluding hydrogens is 815 g/mol. The van der Waals surface area contributed by atoms with Crippen molar-refractivity contribution in [3.63, 3.8) is 0 Å². The topological polar surface area (TPSA) is 29.5 Å². The first-order valence-electron chi connectivity index (χ1n) is 23.3. The monoisotopic (exact) mass is 855 g/mol. The maximum Gasteiger partial charge on any atom is 0.143 e. The minimum Gasteiger partial charge on any atom is -0.456 e. The second kappa shape index (κ2) is 13.1. The van der Waals surface area contributed by atoms with Crippen LogP contribution in [0.15, 0.2) is 221 Å². The normalized spacial score (nSPS) is 15.8. The van der Waals surface area contributed by atoms with Crippen molar-refractivity contribution in [2.45, 2.75) is 24.7 Å². The Kier molecular flexibility index (Phi) is 7.22. The Morgan fingerprint density at radius 3 is 1.51 bits per heavy atom. The molecule has 12 aromatic rings. The summed E-state index contributed by atoms with van der Waals surface area (Å²) >= 11 is 0. The zero-order chi connectivity index (χ0) is 44.2. The van der Waals surface area contributed by atoms with E-state index in [9.17, 15) is 0 Å². The van der Waals surface area contributed by atoms with Crippen LogP contribution >= 0.6 is 0 Å². The molecule has 0 saturated heterocycles. The van der Waals surface area contributed by atoms with Gasteiger partial charge in [0.05, 0.1) is 5.41 Å². The predicted octanol–water partition coefficient (Wildman–Crippen LogP) is 17.3. The van der Waals surface area contributed by atoms with Crippen molar-refractivity contribution in [1.82, 2.24) is 0 Å². The van der Waals surface area contributed by atoms with Crippen LogP contribution in [-0.2, 0) is 10.8 Å². The van der Waals surface area contributed by atoms with Gasteiger partial charge in [0.2, 0.25) is 0 Å². The van der Waals surface area contributed by atoms with E-state index < -0.39 is 5.41 Å². The van der Waals surface area contributed by atoms with Gasteiger partial charge in [0.15, 0.2) is 0 Å². The second-order valence-corrected chi connectivity index (χ2v) is 19.1. The first-order valence-corrected chi connectivity index (χ1v) is 23.3. The van der Waals surface area contributed by atoms with Gasteiger partial charge in [-0.2, -0.15) is 0 Å². The Bertz CT molecular complexity index is 4110. The van der Waals surface area contributed by atoms with E-state index in [1.165, 1.54) is 72.3 Å². The first kappa shape index (κ1) is 36.9. The number of furan rings is 2. The summed E-state index contributed by atoms with van der Waals surface area (Å²) in [5.74, 6) is 0. The molecule has 3 heteroatoms. The molecule has 1 unspecified atom stereocenters. The Labute approximate surface area is 387 Å². The number of rotatable bonds is 3. The quantitative estimate of drug-likeness (QED) is 0.177. The number of para-hydroxylation sites is 2. The largest absolute Gasteiger partial charge is 0.456 e. The summed E-state index contributed by atoms with van der Waals surface area (Å²) in [5.41, 5.74) is 23.5. The summed E-state index contributed by atoms with van der Waals surface area (Å²) in [6.45, 7) is 4.73. The third kappa shape index (κ3) is 4.75. The third-order valence-electron chi connectivity index (χ3n) is 15.5. The lowest BCUT2D eigenvalue weighted by atomic mass is 9.65.